The molecule has 0 aromatic heterocycles. The average molecular weight is 271 g/mol. The Morgan fingerprint density at radius 3 is 3.00 bits per heavy atom. The minimum absolute atomic E-state index is 0.184. The van der Waals surface area contributed by atoms with Gasteiger partial charge in [0.15, 0.2) is 5.82 Å². The molecule has 1 aromatic carbocycles. The molecule has 1 aromatic rings. The molecular formula is C14H20ClFN2. The largest absolute Gasteiger partial charge is 0.380 e. The summed E-state index contributed by atoms with van der Waals surface area (Å²) in [5.74, 6) is -0.337. The highest BCUT2D eigenvalue weighted by Crippen LogP contribution is 2.24. The minimum Gasteiger partial charge on any atom is -0.380 e. The van der Waals surface area contributed by atoms with Crippen LogP contribution in [0.4, 0.5) is 10.1 Å². The summed E-state index contributed by atoms with van der Waals surface area (Å²) in [4.78, 5) is 2.44. The fourth-order valence-electron chi connectivity index (χ4n) is 2.45. The van der Waals surface area contributed by atoms with Gasteiger partial charge in [0.2, 0.25) is 0 Å². The Kier molecular flexibility index (Phi) is 4.84. The molecule has 0 amide bonds. The molecule has 0 bridgehead atoms. The summed E-state index contributed by atoms with van der Waals surface area (Å²) in [6, 6.07) is 5.45. The SMILES string of the molecule is CCN1CCCC(Nc2cccc(Cl)c2F)CC1. The molecule has 0 aliphatic carbocycles. The smallest absolute Gasteiger partial charge is 0.164 e. The van der Waals surface area contributed by atoms with Gasteiger partial charge in [-0.1, -0.05) is 24.6 Å². The Morgan fingerprint density at radius 2 is 2.22 bits per heavy atom. The van der Waals surface area contributed by atoms with Crippen LogP contribution < -0.4 is 5.32 Å². The van der Waals surface area contributed by atoms with Crippen molar-refractivity contribution in [1.29, 1.82) is 0 Å². The molecule has 0 radical (unpaired) electrons. The van der Waals surface area contributed by atoms with Crippen molar-refractivity contribution in [2.45, 2.75) is 32.2 Å². The molecular weight excluding hydrogens is 251 g/mol. The van der Waals surface area contributed by atoms with Gasteiger partial charge in [0.1, 0.15) is 0 Å². The Morgan fingerprint density at radius 1 is 1.39 bits per heavy atom. The fraction of sp³-hybridized carbons (Fsp3) is 0.571. The highest BCUT2D eigenvalue weighted by Gasteiger charge is 2.17. The summed E-state index contributed by atoms with van der Waals surface area (Å²) in [5.41, 5.74) is 0.525. The van der Waals surface area contributed by atoms with E-state index < -0.39 is 0 Å². The number of nitrogens with zero attached hydrogens (tertiary/aromatic N) is 1. The summed E-state index contributed by atoms with van der Waals surface area (Å²) in [5, 5.41) is 3.47. The molecule has 2 nitrogen and oxygen atoms in total. The molecule has 0 saturated carbocycles. The molecule has 100 valence electrons. The van der Waals surface area contributed by atoms with Crippen LogP contribution in [0.2, 0.25) is 5.02 Å². The van der Waals surface area contributed by atoms with E-state index in [1.54, 1.807) is 18.2 Å². The molecule has 0 spiro atoms. The Labute approximate surface area is 113 Å². The van der Waals surface area contributed by atoms with Gasteiger partial charge in [-0.25, -0.2) is 4.39 Å². The minimum atomic E-state index is -0.337. The summed E-state index contributed by atoms with van der Waals surface area (Å²) < 4.78 is 13.8. The maximum Gasteiger partial charge on any atom is 0.164 e. The van der Waals surface area contributed by atoms with Crippen LogP contribution >= 0.6 is 11.6 Å². The maximum absolute atomic E-state index is 13.8. The lowest BCUT2D eigenvalue weighted by Crippen LogP contribution is -2.26. The van der Waals surface area contributed by atoms with Crippen LogP contribution in [-0.2, 0) is 0 Å². The third-order valence-electron chi connectivity index (χ3n) is 3.58. The van der Waals surface area contributed by atoms with Crippen molar-refractivity contribution in [1.82, 2.24) is 4.90 Å². The lowest BCUT2D eigenvalue weighted by molar-refractivity contribution is 0.300. The zero-order valence-electron chi connectivity index (χ0n) is 10.8. The van der Waals surface area contributed by atoms with Crippen LogP contribution in [0.15, 0.2) is 18.2 Å². The van der Waals surface area contributed by atoms with E-state index in [1.807, 2.05) is 0 Å². The molecule has 1 atom stereocenters. The Bertz CT molecular complexity index is 397. The van der Waals surface area contributed by atoms with Gasteiger partial charge in [-0.3, -0.25) is 0 Å². The van der Waals surface area contributed by atoms with Crippen molar-refractivity contribution in [3.63, 3.8) is 0 Å². The standard InChI is InChI=1S/C14H20ClFN2/c1-2-18-9-4-5-11(8-10-18)17-13-7-3-6-12(15)14(13)16/h3,6-7,11,17H,2,4-5,8-10H2,1H3. The van der Waals surface area contributed by atoms with E-state index in [0.29, 0.717) is 11.7 Å². The molecule has 1 fully saturated rings. The highest BCUT2D eigenvalue weighted by atomic mass is 35.5. The van der Waals surface area contributed by atoms with Crippen LogP contribution in [0, 0.1) is 5.82 Å². The summed E-state index contributed by atoms with van der Waals surface area (Å²) >= 11 is 5.79. The summed E-state index contributed by atoms with van der Waals surface area (Å²) in [6.45, 7) is 5.51. The van der Waals surface area contributed by atoms with Gasteiger partial charge >= 0.3 is 0 Å². The number of rotatable bonds is 3. The maximum atomic E-state index is 13.8. The van der Waals surface area contributed by atoms with Gasteiger partial charge in [-0.2, -0.15) is 0 Å². The first-order valence-corrected chi connectivity index (χ1v) is 7.01. The van der Waals surface area contributed by atoms with Crippen molar-refractivity contribution < 1.29 is 4.39 Å². The monoisotopic (exact) mass is 270 g/mol. The molecule has 2 rings (SSSR count). The van der Waals surface area contributed by atoms with Crippen molar-refractivity contribution in [3.05, 3.63) is 29.0 Å². The molecule has 1 saturated heterocycles. The number of halogens is 2. The topological polar surface area (TPSA) is 15.3 Å². The molecule has 18 heavy (non-hydrogen) atoms. The normalized spacial score (nSPS) is 21.6. The number of benzene rings is 1. The van der Waals surface area contributed by atoms with Crippen LogP contribution in [-0.4, -0.2) is 30.6 Å². The Balaban J connectivity index is 1.99. The van der Waals surface area contributed by atoms with Gasteiger partial charge in [0.25, 0.3) is 0 Å². The zero-order valence-corrected chi connectivity index (χ0v) is 11.5. The van der Waals surface area contributed by atoms with Crippen LogP contribution in [0.5, 0.6) is 0 Å². The van der Waals surface area contributed by atoms with E-state index in [0.717, 1.165) is 38.9 Å². The first-order valence-electron chi connectivity index (χ1n) is 6.63. The lowest BCUT2D eigenvalue weighted by Gasteiger charge is -2.19. The second-order valence-electron chi connectivity index (χ2n) is 4.81. The molecule has 1 aliphatic heterocycles. The first-order chi connectivity index (χ1) is 8.70. The van der Waals surface area contributed by atoms with Gasteiger partial charge in [0, 0.05) is 12.6 Å². The second kappa shape index (κ2) is 6.39. The predicted octanol–water partition coefficient (Wildman–Crippen LogP) is 3.77. The van der Waals surface area contributed by atoms with Crippen molar-refractivity contribution in [2.24, 2.45) is 0 Å². The molecule has 4 heteroatoms. The molecule has 1 aliphatic rings. The van der Waals surface area contributed by atoms with Crippen LogP contribution in [0.25, 0.3) is 0 Å². The third kappa shape index (κ3) is 3.36. The van der Waals surface area contributed by atoms with E-state index in [9.17, 15) is 4.39 Å². The summed E-state index contributed by atoms with van der Waals surface area (Å²) in [6.07, 6.45) is 3.30. The van der Waals surface area contributed by atoms with Crippen molar-refractivity contribution >= 4 is 17.3 Å². The first kappa shape index (κ1) is 13.6. The van der Waals surface area contributed by atoms with Crippen LogP contribution in [0.1, 0.15) is 26.2 Å². The van der Waals surface area contributed by atoms with E-state index in [2.05, 4.69) is 17.1 Å². The highest BCUT2D eigenvalue weighted by molar-refractivity contribution is 6.31. The number of anilines is 1. The van der Waals surface area contributed by atoms with Gasteiger partial charge < -0.3 is 10.2 Å². The average Bonchev–Trinajstić information content (AvgIpc) is 2.60. The Hall–Kier alpha value is -0.800. The fourth-order valence-corrected chi connectivity index (χ4v) is 2.63. The lowest BCUT2D eigenvalue weighted by atomic mass is 10.1. The van der Waals surface area contributed by atoms with E-state index in [4.69, 9.17) is 11.6 Å². The third-order valence-corrected chi connectivity index (χ3v) is 3.87. The van der Waals surface area contributed by atoms with E-state index >= 15 is 0 Å². The predicted molar refractivity (Wildman–Crippen MR) is 74.8 cm³/mol. The molecule has 1 N–H and O–H groups in total. The quantitative estimate of drug-likeness (QED) is 0.900. The zero-order chi connectivity index (χ0) is 13.0. The molecule has 1 heterocycles. The number of hydrogen-bond donors (Lipinski definition) is 1. The molecule has 1 unspecified atom stereocenters. The van der Waals surface area contributed by atoms with Gasteiger partial charge in [-0.15, -0.1) is 0 Å². The van der Waals surface area contributed by atoms with Gasteiger partial charge in [-0.05, 0) is 44.5 Å². The van der Waals surface area contributed by atoms with E-state index in [1.165, 1.54) is 0 Å². The second-order valence-corrected chi connectivity index (χ2v) is 5.22. The van der Waals surface area contributed by atoms with Crippen LogP contribution in [0.3, 0.4) is 0 Å². The van der Waals surface area contributed by atoms with Gasteiger partial charge in [0.05, 0.1) is 10.7 Å². The van der Waals surface area contributed by atoms with Crippen molar-refractivity contribution in [2.75, 3.05) is 25.0 Å². The van der Waals surface area contributed by atoms with E-state index in [-0.39, 0.29) is 10.8 Å². The number of nitrogens with one attached hydrogen (secondary N) is 1. The van der Waals surface area contributed by atoms with Crippen molar-refractivity contribution in [3.8, 4) is 0 Å². The number of likely N-dealkylation sites (tertiary alicyclic amines) is 1. The number of hydrogen-bond acceptors (Lipinski definition) is 2. The summed E-state index contributed by atoms with van der Waals surface area (Å²) in [7, 11) is 0.